The highest BCUT2D eigenvalue weighted by atomic mass is 16.3. The van der Waals surface area contributed by atoms with Gasteiger partial charge in [0.05, 0.1) is 12.3 Å². The third-order valence-electron chi connectivity index (χ3n) is 2.44. The Labute approximate surface area is 86.7 Å². The van der Waals surface area contributed by atoms with Gasteiger partial charge in [-0.3, -0.25) is 0 Å². The molecular formula is C12H21NO. The maximum atomic E-state index is 5.51. The maximum absolute atomic E-state index is 5.51. The minimum absolute atomic E-state index is 0.398. The van der Waals surface area contributed by atoms with E-state index in [-0.39, 0.29) is 0 Å². The van der Waals surface area contributed by atoms with Crippen LogP contribution in [0, 0.1) is 6.92 Å². The summed E-state index contributed by atoms with van der Waals surface area (Å²) >= 11 is 0. The maximum Gasteiger partial charge on any atom is 0.123 e. The average molecular weight is 195 g/mol. The molecule has 0 bridgehead atoms. The van der Waals surface area contributed by atoms with Gasteiger partial charge in [-0.05, 0) is 37.9 Å². The van der Waals surface area contributed by atoms with Crippen molar-refractivity contribution in [1.82, 2.24) is 5.32 Å². The molecule has 14 heavy (non-hydrogen) atoms. The first-order chi connectivity index (χ1) is 6.79. The summed E-state index contributed by atoms with van der Waals surface area (Å²) in [5, 5.41) is 3.52. The molecule has 80 valence electrons. The fourth-order valence-corrected chi connectivity index (χ4v) is 1.67. The van der Waals surface area contributed by atoms with Crippen LogP contribution in [0.15, 0.2) is 16.7 Å². The minimum Gasteiger partial charge on any atom is -0.467 e. The Morgan fingerprint density at radius 2 is 2.14 bits per heavy atom. The van der Waals surface area contributed by atoms with Crippen LogP contribution in [0.2, 0.25) is 0 Å². The highest BCUT2D eigenvalue weighted by Gasteiger charge is 2.14. The smallest absolute Gasteiger partial charge is 0.123 e. The zero-order chi connectivity index (χ0) is 10.4. The van der Waals surface area contributed by atoms with E-state index in [1.165, 1.54) is 18.4 Å². The van der Waals surface area contributed by atoms with Gasteiger partial charge in [0.2, 0.25) is 0 Å². The Kier molecular flexibility index (Phi) is 4.74. The van der Waals surface area contributed by atoms with Crippen LogP contribution in [0.3, 0.4) is 0 Å². The lowest BCUT2D eigenvalue weighted by Gasteiger charge is -2.16. The molecule has 1 aromatic heterocycles. The number of rotatable bonds is 6. The van der Waals surface area contributed by atoms with E-state index in [0.29, 0.717) is 6.04 Å². The van der Waals surface area contributed by atoms with Gasteiger partial charge in [-0.25, -0.2) is 0 Å². The van der Waals surface area contributed by atoms with Crippen LogP contribution in [-0.4, -0.2) is 6.54 Å². The SMILES string of the molecule is CCCNC(CCC)c1occc1C. The van der Waals surface area contributed by atoms with Crippen molar-refractivity contribution < 1.29 is 4.42 Å². The van der Waals surface area contributed by atoms with E-state index >= 15 is 0 Å². The quantitative estimate of drug-likeness (QED) is 0.752. The Bertz CT molecular complexity index is 255. The third-order valence-corrected chi connectivity index (χ3v) is 2.44. The first-order valence-corrected chi connectivity index (χ1v) is 5.57. The van der Waals surface area contributed by atoms with Crippen LogP contribution in [0.5, 0.6) is 0 Å². The van der Waals surface area contributed by atoms with Crippen molar-refractivity contribution in [2.75, 3.05) is 6.54 Å². The van der Waals surface area contributed by atoms with Crippen LogP contribution < -0.4 is 5.32 Å². The van der Waals surface area contributed by atoms with E-state index < -0.39 is 0 Å². The van der Waals surface area contributed by atoms with Gasteiger partial charge >= 0.3 is 0 Å². The number of hydrogen-bond acceptors (Lipinski definition) is 2. The average Bonchev–Trinajstić information content (AvgIpc) is 2.59. The van der Waals surface area contributed by atoms with Crippen LogP contribution in [0.1, 0.15) is 50.5 Å². The number of aryl methyl sites for hydroxylation is 1. The summed E-state index contributed by atoms with van der Waals surface area (Å²) in [7, 11) is 0. The first kappa shape index (κ1) is 11.3. The Morgan fingerprint density at radius 1 is 1.36 bits per heavy atom. The van der Waals surface area contributed by atoms with Crippen LogP contribution >= 0.6 is 0 Å². The molecular weight excluding hydrogens is 174 g/mol. The molecule has 0 saturated carbocycles. The lowest BCUT2D eigenvalue weighted by atomic mass is 10.1. The molecule has 0 aliphatic heterocycles. The summed E-state index contributed by atoms with van der Waals surface area (Å²) in [5.41, 5.74) is 1.26. The van der Waals surface area contributed by atoms with Gasteiger partial charge < -0.3 is 9.73 Å². The second kappa shape index (κ2) is 5.86. The zero-order valence-electron chi connectivity index (χ0n) is 9.47. The van der Waals surface area contributed by atoms with Gasteiger partial charge in [-0.2, -0.15) is 0 Å². The molecule has 0 radical (unpaired) electrons. The monoisotopic (exact) mass is 195 g/mol. The summed E-state index contributed by atoms with van der Waals surface area (Å²) in [6, 6.07) is 2.43. The number of furan rings is 1. The van der Waals surface area contributed by atoms with Crippen LogP contribution in [0.25, 0.3) is 0 Å². The van der Waals surface area contributed by atoms with Crippen molar-refractivity contribution in [2.45, 2.75) is 46.1 Å². The lowest BCUT2D eigenvalue weighted by Crippen LogP contribution is -2.22. The summed E-state index contributed by atoms with van der Waals surface area (Å²) in [5.74, 6) is 1.11. The van der Waals surface area contributed by atoms with Gasteiger partial charge in [0.25, 0.3) is 0 Å². The molecule has 0 aromatic carbocycles. The summed E-state index contributed by atoms with van der Waals surface area (Å²) in [6.07, 6.45) is 5.27. The molecule has 0 spiro atoms. The van der Waals surface area contributed by atoms with Crippen molar-refractivity contribution in [2.24, 2.45) is 0 Å². The first-order valence-electron chi connectivity index (χ1n) is 5.57. The van der Waals surface area contributed by atoms with Gasteiger partial charge in [0.1, 0.15) is 5.76 Å². The van der Waals surface area contributed by atoms with E-state index in [4.69, 9.17) is 4.42 Å². The molecule has 1 N–H and O–H groups in total. The zero-order valence-corrected chi connectivity index (χ0v) is 9.47. The normalized spacial score (nSPS) is 13.1. The third kappa shape index (κ3) is 2.88. The van der Waals surface area contributed by atoms with Crippen LogP contribution in [-0.2, 0) is 0 Å². The topological polar surface area (TPSA) is 25.2 Å². The molecule has 0 aliphatic rings. The highest BCUT2D eigenvalue weighted by Crippen LogP contribution is 2.22. The fraction of sp³-hybridized carbons (Fsp3) is 0.667. The lowest BCUT2D eigenvalue weighted by molar-refractivity contribution is 0.391. The number of nitrogens with one attached hydrogen (secondary N) is 1. The molecule has 1 rings (SSSR count). The second-order valence-electron chi connectivity index (χ2n) is 3.76. The van der Waals surface area contributed by atoms with Crippen molar-refractivity contribution in [1.29, 1.82) is 0 Å². The van der Waals surface area contributed by atoms with Gasteiger partial charge in [0.15, 0.2) is 0 Å². The van der Waals surface area contributed by atoms with Gasteiger partial charge in [-0.15, -0.1) is 0 Å². The molecule has 2 nitrogen and oxygen atoms in total. The van der Waals surface area contributed by atoms with E-state index in [0.717, 1.165) is 18.7 Å². The van der Waals surface area contributed by atoms with Crippen molar-refractivity contribution in [3.05, 3.63) is 23.7 Å². The molecule has 1 atom stereocenters. The van der Waals surface area contributed by atoms with Crippen molar-refractivity contribution >= 4 is 0 Å². The molecule has 2 heteroatoms. The molecule has 1 unspecified atom stereocenters. The Morgan fingerprint density at radius 3 is 2.64 bits per heavy atom. The van der Waals surface area contributed by atoms with Crippen molar-refractivity contribution in [3.63, 3.8) is 0 Å². The minimum atomic E-state index is 0.398. The molecule has 1 heterocycles. The van der Waals surface area contributed by atoms with E-state index in [1.54, 1.807) is 6.26 Å². The van der Waals surface area contributed by atoms with E-state index in [1.807, 2.05) is 6.07 Å². The second-order valence-corrected chi connectivity index (χ2v) is 3.76. The molecule has 0 saturated heterocycles. The fourth-order valence-electron chi connectivity index (χ4n) is 1.67. The van der Waals surface area contributed by atoms with E-state index in [2.05, 4.69) is 26.1 Å². The summed E-state index contributed by atoms with van der Waals surface area (Å²) in [4.78, 5) is 0. The predicted octanol–water partition coefficient (Wildman–Crippen LogP) is 3.43. The summed E-state index contributed by atoms with van der Waals surface area (Å²) in [6.45, 7) is 7.56. The molecule has 0 aliphatic carbocycles. The largest absolute Gasteiger partial charge is 0.467 e. The predicted molar refractivity (Wildman–Crippen MR) is 59.4 cm³/mol. The molecule has 0 amide bonds. The highest BCUT2D eigenvalue weighted by molar-refractivity contribution is 5.18. The molecule has 0 fully saturated rings. The standard InChI is InChI=1S/C12H21NO/c1-4-6-11(13-8-5-2)12-10(3)7-9-14-12/h7,9,11,13H,4-6,8H2,1-3H3. The van der Waals surface area contributed by atoms with E-state index in [9.17, 15) is 0 Å². The Hall–Kier alpha value is -0.760. The van der Waals surface area contributed by atoms with Gasteiger partial charge in [0, 0.05) is 0 Å². The van der Waals surface area contributed by atoms with Crippen LogP contribution in [0.4, 0.5) is 0 Å². The molecule has 1 aromatic rings. The van der Waals surface area contributed by atoms with Gasteiger partial charge in [-0.1, -0.05) is 20.3 Å². The van der Waals surface area contributed by atoms with Crippen molar-refractivity contribution in [3.8, 4) is 0 Å². The number of hydrogen-bond donors (Lipinski definition) is 1. The Balaban J connectivity index is 2.62. The summed E-state index contributed by atoms with van der Waals surface area (Å²) < 4.78 is 5.51.